The first-order valence-corrected chi connectivity index (χ1v) is 13.3. The molecule has 0 atom stereocenters. The van der Waals surface area contributed by atoms with Gasteiger partial charge >= 0.3 is 12.0 Å². The molecule has 8 nitrogen and oxygen atoms in total. The average Bonchev–Trinajstić information content (AvgIpc) is 2.86. The number of anilines is 1. The van der Waals surface area contributed by atoms with E-state index in [-0.39, 0.29) is 17.7 Å². The molecule has 10 heteroatoms. The van der Waals surface area contributed by atoms with Crippen LogP contribution in [0.4, 0.5) is 10.5 Å². The lowest BCUT2D eigenvalue weighted by Crippen LogP contribution is -2.54. The summed E-state index contributed by atoms with van der Waals surface area (Å²) in [5.74, 6) is -1.83. The third kappa shape index (κ3) is 6.01. The molecule has 0 saturated carbocycles. The minimum atomic E-state index is -0.992. The number of carbonyl (C=O) groups is 4. The number of ether oxygens (including phenoxy) is 1. The highest BCUT2D eigenvalue weighted by Crippen LogP contribution is 2.31. The minimum Gasteiger partial charge on any atom is -0.487 e. The Morgan fingerprint density at radius 1 is 0.973 bits per heavy atom. The molecule has 3 aromatic rings. The molecule has 1 fully saturated rings. The predicted molar refractivity (Wildman–Crippen MR) is 154 cm³/mol. The number of aryl methyl sites for hydroxylation is 1. The van der Waals surface area contributed by atoms with E-state index in [0.717, 1.165) is 29.6 Å². The van der Waals surface area contributed by atoms with Crippen LogP contribution >= 0.6 is 45.2 Å². The Morgan fingerprint density at radius 3 is 2.14 bits per heavy atom. The van der Waals surface area contributed by atoms with Gasteiger partial charge in [-0.15, -0.1) is 0 Å². The summed E-state index contributed by atoms with van der Waals surface area (Å²) in [5, 5.41) is 11.3. The van der Waals surface area contributed by atoms with Crippen molar-refractivity contribution in [3.8, 4) is 5.75 Å². The molecule has 0 bridgehead atoms. The molecule has 3 aromatic carbocycles. The lowest BCUT2D eigenvalue weighted by molar-refractivity contribution is -0.122. The van der Waals surface area contributed by atoms with Crippen molar-refractivity contribution in [2.45, 2.75) is 20.0 Å². The van der Waals surface area contributed by atoms with Gasteiger partial charge in [-0.3, -0.25) is 14.9 Å². The van der Waals surface area contributed by atoms with Gasteiger partial charge in [-0.2, -0.15) is 0 Å². The number of carboxylic acid groups (broad SMARTS) is 1. The zero-order chi connectivity index (χ0) is 26.7. The van der Waals surface area contributed by atoms with Crippen molar-refractivity contribution in [3.63, 3.8) is 0 Å². The summed E-state index contributed by atoms with van der Waals surface area (Å²) in [5.41, 5.74) is 2.89. The van der Waals surface area contributed by atoms with Crippen molar-refractivity contribution in [2.24, 2.45) is 0 Å². The van der Waals surface area contributed by atoms with Gasteiger partial charge in [0.05, 0.1) is 18.4 Å². The monoisotopic (exact) mass is 722 g/mol. The molecule has 1 aliphatic rings. The smallest absolute Gasteiger partial charge is 0.335 e. The highest BCUT2D eigenvalue weighted by atomic mass is 127. The van der Waals surface area contributed by atoms with Gasteiger partial charge < -0.3 is 9.84 Å². The normalized spacial score (nSPS) is 14.6. The molecule has 188 valence electrons. The second kappa shape index (κ2) is 11.4. The number of carbonyl (C=O) groups excluding carboxylic acids is 3. The van der Waals surface area contributed by atoms with Crippen molar-refractivity contribution in [3.05, 3.63) is 95.6 Å². The van der Waals surface area contributed by atoms with Gasteiger partial charge in [-0.25, -0.2) is 14.5 Å². The molecule has 1 heterocycles. The number of halogens is 2. The first kappa shape index (κ1) is 26.8. The molecule has 0 spiro atoms. The van der Waals surface area contributed by atoms with Crippen LogP contribution in [0.15, 0.2) is 66.2 Å². The summed E-state index contributed by atoms with van der Waals surface area (Å²) in [7, 11) is 0. The number of hydrogen-bond donors (Lipinski definition) is 2. The van der Waals surface area contributed by atoms with E-state index in [2.05, 4.69) is 50.5 Å². The molecule has 1 aliphatic heterocycles. The number of barbiturate groups is 1. The summed E-state index contributed by atoms with van der Waals surface area (Å²) in [6.07, 6.45) is 2.27. The summed E-state index contributed by atoms with van der Waals surface area (Å²) in [6, 6.07) is 16.2. The molecule has 37 heavy (non-hydrogen) atoms. The number of imide groups is 2. The fraction of sp³-hybridized carbons (Fsp3) is 0.111. The van der Waals surface area contributed by atoms with Crippen LogP contribution in [0.3, 0.4) is 0 Å². The molecular formula is C27H20I2N2O6. The molecule has 2 N–H and O–H groups in total. The van der Waals surface area contributed by atoms with E-state index in [1.54, 1.807) is 36.4 Å². The van der Waals surface area contributed by atoms with E-state index in [1.807, 2.05) is 19.1 Å². The maximum absolute atomic E-state index is 13.2. The number of urea groups is 1. The van der Waals surface area contributed by atoms with Gasteiger partial charge in [0.15, 0.2) is 0 Å². The Labute approximate surface area is 240 Å². The molecule has 1 saturated heterocycles. The van der Waals surface area contributed by atoms with Gasteiger partial charge in [0.25, 0.3) is 11.8 Å². The molecular weight excluding hydrogens is 702 g/mol. The largest absolute Gasteiger partial charge is 0.487 e. The van der Waals surface area contributed by atoms with Gasteiger partial charge in [-0.1, -0.05) is 31.2 Å². The SMILES string of the molecule is CCc1ccc(N2C(=O)NC(=O)/C(=C/c3cc(I)c(OCc4ccc(C(=O)O)cc4)c(I)c3)C2=O)cc1. The number of hydrogen-bond acceptors (Lipinski definition) is 5. The van der Waals surface area contributed by atoms with Gasteiger partial charge in [0.2, 0.25) is 0 Å². The van der Waals surface area contributed by atoms with Gasteiger partial charge in [-0.05, 0) is 111 Å². The lowest BCUT2D eigenvalue weighted by atomic mass is 10.1. The van der Waals surface area contributed by atoms with E-state index in [1.165, 1.54) is 18.2 Å². The zero-order valence-corrected chi connectivity index (χ0v) is 23.8. The van der Waals surface area contributed by atoms with Crippen LogP contribution in [0.25, 0.3) is 6.08 Å². The van der Waals surface area contributed by atoms with Crippen LogP contribution in [0.2, 0.25) is 0 Å². The average molecular weight is 722 g/mol. The van der Waals surface area contributed by atoms with Crippen LogP contribution in [-0.2, 0) is 22.6 Å². The summed E-state index contributed by atoms with van der Waals surface area (Å²) >= 11 is 4.22. The number of rotatable bonds is 7. The third-order valence-corrected chi connectivity index (χ3v) is 7.22. The number of carboxylic acids is 1. The Balaban J connectivity index is 1.56. The Bertz CT molecular complexity index is 1410. The topological polar surface area (TPSA) is 113 Å². The van der Waals surface area contributed by atoms with Crippen molar-refractivity contribution < 1.29 is 29.0 Å². The van der Waals surface area contributed by atoms with Crippen LogP contribution in [-0.4, -0.2) is 28.9 Å². The molecule has 4 amide bonds. The Morgan fingerprint density at radius 2 is 1.57 bits per heavy atom. The van der Waals surface area contributed by atoms with E-state index in [0.29, 0.717) is 17.0 Å². The van der Waals surface area contributed by atoms with Crippen LogP contribution in [0.5, 0.6) is 5.75 Å². The quantitative estimate of drug-likeness (QED) is 0.192. The van der Waals surface area contributed by atoms with Crippen molar-refractivity contribution in [1.82, 2.24) is 5.32 Å². The predicted octanol–water partition coefficient (Wildman–Crippen LogP) is 5.40. The summed E-state index contributed by atoms with van der Waals surface area (Å²) in [6.45, 7) is 2.24. The number of amides is 4. The van der Waals surface area contributed by atoms with Crippen LogP contribution < -0.4 is 15.0 Å². The fourth-order valence-corrected chi connectivity index (χ4v) is 5.77. The van der Waals surface area contributed by atoms with E-state index in [4.69, 9.17) is 9.84 Å². The molecule has 0 radical (unpaired) electrons. The standard InChI is InChI=1S/C27H20I2N2O6/c1-2-15-5-9-19(10-6-15)31-25(33)20(24(32)30-27(31)36)11-17-12-21(28)23(22(29)13-17)37-14-16-3-7-18(8-4-16)26(34)35/h3-13H,2,14H2,1H3,(H,34,35)(H,30,32,36)/b20-11-. The first-order valence-electron chi connectivity index (χ1n) is 11.1. The molecule has 0 aliphatic carbocycles. The lowest BCUT2D eigenvalue weighted by Gasteiger charge is -2.26. The van der Waals surface area contributed by atoms with Crippen LogP contribution in [0, 0.1) is 7.14 Å². The van der Waals surface area contributed by atoms with Crippen molar-refractivity contribution in [1.29, 1.82) is 0 Å². The highest BCUT2D eigenvalue weighted by Gasteiger charge is 2.36. The Hall–Kier alpha value is -3.26. The zero-order valence-electron chi connectivity index (χ0n) is 19.5. The van der Waals surface area contributed by atoms with E-state index >= 15 is 0 Å². The second-order valence-corrected chi connectivity index (χ2v) is 10.4. The first-order chi connectivity index (χ1) is 17.7. The molecule has 0 aromatic heterocycles. The number of nitrogens with one attached hydrogen (secondary N) is 1. The molecule has 4 rings (SSSR count). The van der Waals surface area contributed by atoms with Crippen molar-refractivity contribution in [2.75, 3.05) is 4.90 Å². The third-order valence-electron chi connectivity index (χ3n) is 5.62. The maximum atomic E-state index is 13.2. The summed E-state index contributed by atoms with van der Waals surface area (Å²) in [4.78, 5) is 50.2. The van der Waals surface area contributed by atoms with Gasteiger partial charge in [0.1, 0.15) is 17.9 Å². The number of benzene rings is 3. The van der Waals surface area contributed by atoms with E-state index in [9.17, 15) is 19.2 Å². The minimum absolute atomic E-state index is 0.155. The molecule has 0 unspecified atom stereocenters. The van der Waals surface area contributed by atoms with Crippen molar-refractivity contribution >= 4 is 80.8 Å². The second-order valence-electron chi connectivity index (χ2n) is 8.08. The maximum Gasteiger partial charge on any atom is 0.335 e. The summed E-state index contributed by atoms with van der Waals surface area (Å²) < 4.78 is 7.48. The Kier molecular flexibility index (Phi) is 8.27. The fourth-order valence-electron chi connectivity index (χ4n) is 3.64. The van der Waals surface area contributed by atoms with E-state index < -0.39 is 23.8 Å². The number of aromatic carboxylic acids is 1. The number of nitrogens with zero attached hydrogens (tertiary/aromatic N) is 1. The van der Waals surface area contributed by atoms with Gasteiger partial charge in [0, 0.05) is 0 Å². The van der Waals surface area contributed by atoms with Crippen LogP contribution in [0.1, 0.15) is 34.0 Å². The highest BCUT2D eigenvalue weighted by molar-refractivity contribution is 14.1.